The number of likely N-dealkylation sites (tertiary alicyclic amines) is 1. The van der Waals surface area contributed by atoms with E-state index >= 15 is 0 Å². The average molecular weight is 309 g/mol. The van der Waals surface area contributed by atoms with E-state index in [2.05, 4.69) is 47.4 Å². The molecule has 0 unspecified atom stereocenters. The lowest BCUT2D eigenvalue weighted by Crippen LogP contribution is -2.23. The molecule has 2 heterocycles. The van der Waals surface area contributed by atoms with Crippen molar-refractivity contribution in [2.45, 2.75) is 18.8 Å². The van der Waals surface area contributed by atoms with Crippen LogP contribution in [0.2, 0.25) is 0 Å². The van der Waals surface area contributed by atoms with E-state index in [1.165, 1.54) is 30.6 Å². The van der Waals surface area contributed by atoms with Gasteiger partial charge in [-0.15, -0.1) is 0 Å². The number of benzene rings is 2. The molecule has 0 bridgehead atoms. The van der Waals surface area contributed by atoms with Crippen LogP contribution in [0.4, 0.5) is 0 Å². The van der Waals surface area contributed by atoms with Gasteiger partial charge in [-0.1, -0.05) is 36.4 Å². The molecule has 23 heavy (non-hydrogen) atoms. The van der Waals surface area contributed by atoms with Gasteiger partial charge in [-0.3, -0.25) is 0 Å². The molecule has 2 aromatic rings. The predicted octanol–water partition coefficient (Wildman–Crippen LogP) is 3.49. The van der Waals surface area contributed by atoms with Gasteiger partial charge in [-0.05, 0) is 48.6 Å². The van der Waals surface area contributed by atoms with Crippen molar-refractivity contribution in [3.05, 3.63) is 59.7 Å². The summed E-state index contributed by atoms with van der Waals surface area (Å²) in [6.07, 6.45) is 2.34. The summed E-state index contributed by atoms with van der Waals surface area (Å²) in [5.41, 5.74) is 2.81. The Morgan fingerprint density at radius 1 is 0.957 bits per heavy atom. The summed E-state index contributed by atoms with van der Waals surface area (Å²) in [5, 5.41) is 0. The fraction of sp³-hybridized carbons (Fsp3) is 0.400. The molecule has 0 amide bonds. The summed E-state index contributed by atoms with van der Waals surface area (Å²) in [4.78, 5) is 2.58. The molecule has 0 N–H and O–H groups in total. The van der Waals surface area contributed by atoms with Gasteiger partial charge in [0.1, 0.15) is 13.2 Å². The summed E-state index contributed by atoms with van der Waals surface area (Å²) in [7, 11) is 0. The van der Waals surface area contributed by atoms with Gasteiger partial charge >= 0.3 is 0 Å². The zero-order valence-corrected chi connectivity index (χ0v) is 13.4. The summed E-state index contributed by atoms with van der Waals surface area (Å²) in [6.45, 7) is 4.80. The van der Waals surface area contributed by atoms with Crippen molar-refractivity contribution < 1.29 is 9.47 Å². The van der Waals surface area contributed by atoms with Crippen molar-refractivity contribution in [3.63, 3.8) is 0 Å². The molecule has 120 valence electrons. The first-order chi connectivity index (χ1) is 11.4. The van der Waals surface area contributed by atoms with Crippen molar-refractivity contribution in [1.29, 1.82) is 0 Å². The fourth-order valence-corrected chi connectivity index (χ4v) is 3.56. The lowest BCUT2D eigenvalue weighted by molar-refractivity contribution is 0.171. The van der Waals surface area contributed by atoms with Gasteiger partial charge in [0.05, 0.1) is 0 Å². The van der Waals surface area contributed by atoms with Crippen LogP contribution in [-0.4, -0.2) is 37.7 Å². The van der Waals surface area contributed by atoms with Gasteiger partial charge in [-0.2, -0.15) is 0 Å². The van der Waals surface area contributed by atoms with Crippen LogP contribution in [0.25, 0.3) is 0 Å². The standard InChI is InChI=1S/C20H23NO2/c1-2-4-17(5-3-1)18-9-11-21(15-18)10-8-16-6-7-19-20(14-16)23-13-12-22-19/h1-7,14,18H,8-13,15H2/t18-/m1/s1. The third-order valence-electron chi connectivity index (χ3n) is 4.87. The molecule has 4 rings (SSSR count). The summed E-state index contributed by atoms with van der Waals surface area (Å²) < 4.78 is 11.3. The van der Waals surface area contributed by atoms with E-state index in [9.17, 15) is 0 Å². The maximum atomic E-state index is 5.67. The SMILES string of the molecule is c1ccc([C@@H]2CCN(CCc3ccc4c(c3)OCCO4)C2)cc1. The van der Waals surface area contributed by atoms with Crippen molar-refractivity contribution >= 4 is 0 Å². The molecule has 0 aliphatic carbocycles. The average Bonchev–Trinajstić information content (AvgIpc) is 3.10. The highest BCUT2D eigenvalue weighted by molar-refractivity contribution is 5.43. The molecule has 0 spiro atoms. The highest BCUT2D eigenvalue weighted by Gasteiger charge is 2.23. The Morgan fingerprint density at radius 3 is 2.65 bits per heavy atom. The Kier molecular flexibility index (Phi) is 4.20. The molecular weight excluding hydrogens is 286 g/mol. The van der Waals surface area contributed by atoms with Crippen LogP contribution < -0.4 is 9.47 Å². The van der Waals surface area contributed by atoms with E-state index in [-0.39, 0.29) is 0 Å². The molecule has 0 radical (unpaired) electrons. The Balaban J connectivity index is 1.33. The molecule has 3 nitrogen and oxygen atoms in total. The van der Waals surface area contributed by atoms with Crippen LogP contribution in [0.1, 0.15) is 23.5 Å². The molecule has 1 saturated heterocycles. The summed E-state index contributed by atoms with van der Waals surface area (Å²) in [6, 6.07) is 17.3. The minimum Gasteiger partial charge on any atom is -0.486 e. The maximum Gasteiger partial charge on any atom is 0.161 e. The van der Waals surface area contributed by atoms with E-state index < -0.39 is 0 Å². The molecule has 0 saturated carbocycles. The van der Waals surface area contributed by atoms with Gasteiger partial charge in [0, 0.05) is 13.1 Å². The third kappa shape index (κ3) is 3.35. The Hall–Kier alpha value is -2.00. The second-order valence-corrected chi connectivity index (χ2v) is 6.42. The van der Waals surface area contributed by atoms with Gasteiger partial charge in [0.15, 0.2) is 11.5 Å². The number of hydrogen-bond donors (Lipinski definition) is 0. The van der Waals surface area contributed by atoms with Crippen molar-refractivity contribution in [2.75, 3.05) is 32.8 Å². The Morgan fingerprint density at radius 2 is 1.78 bits per heavy atom. The number of fused-ring (bicyclic) bond motifs is 1. The van der Waals surface area contributed by atoms with Gasteiger partial charge < -0.3 is 14.4 Å². The molecule has 1 fully saturated rings. The normalized spacial score (nSPS) is 20.6. The summed E-state index contributed by atoms with van der Waals surface area (Å²) >= 11 is 0. The van der Waals surface area contributed by atoms with Gasteiger partial charge in [0.25, 0.3) is 0 Å². The largest absolute Gasteiger partial charge is 0.486 e. The number of rotatable bonds is 4. The van der Waals surface area contributed by atoms with Crippen molar-refractivity contribution in [2.24, 2.45) is 0 Å². The zero-order valence-electron chi connectivity index (χ0n) is 13.4. The molecular formula is C20H23NO2. The van der Waals surface area contributed by atoms with E-state index in [4.69, 9.17) is 9.47 Å². The Bertz CT molecular complexity index is 656. The van der Waals surface area contributed by atoms with Crippen LogP contribution in [0.15, 0.2) is 48.5 Å². The van der Waals surface area contributed by atoms with Crippen LogP contribution in [0.3, 0.4) is 0 Å². The molecule has 3 heteroatoms. The lowest BCUT2D eigenvalue weighted by Gasteiger charge is -2.20. The van der Waals surface area contributed by atoms with Crippen molar-refractivity contribution in [3.8, 4) is 11.5 Å². The first-order valence-electron chi connectivity index (χ1n) is 8.54. The van der Waals surface area contributed by atoms with E-state index in [0.29, 0.717) is 19.1 Å². The maximum absolute atomic E-state index is 5.67. The van der Waals surface area contributed by atoms with Gasteiger partial charge in [-0.25, -0.2) is 0 Å². The van der Waals surface area contributed by atoms with Gasteiger partial charge in [0.2, 0.25) is 0 Å². The van der Waals surface area contributed by atoms with Crippen LogP contribution in [0, 0.1) is 0 Å². The van der Waals surface area contributed by atoms with E-state index in [0.717, 1.165) is 24.5 Å². The second kappa shape index (κ2) is 6.63. The number of nitrogens with zero attached hydrogens (tertiary/aromatic N) is 1. The van der Waals surface area contributed by atoms with Crippen LogP contribution in [-0.2, 0) is 6.42 Å². The summed E-state index contributed by atoms with van der Waals surface area (Å²) in [5.74, 6) is 2.47. The number of hydrogen-bond acceptors (Lipinski definition) is 3. The fourth-order valence-electron chi connectivity index (χ4n) is 3.56. The molecule has 1 atom stereocenters. The van der Waals surface area contributed by atoms with E-state index in [1.807, 2.05) is 6.07 Å². The third-order valence-corrected chi connectivity index (χ3v) is 4.87. The smallest absolute Gasteiger partial charge is 0.161 e. The lowest BCUT2D eigenvalue weighted by atomic mass is 9.99. The second-order valence-electron chi connectivity index (χ2n) is 6.42. The minimum atomic E-state index is 0.654. The highest BCUT2D eigenvalue weighted by atomic mass is 16.6. The predicted molar refractivity (Wildman–Crippen MR) is 91.4 cm³/mol. The molecule has 0 aromatic heterocycles. The monoisotopic (exact) mass is 309 g/mol. The van der Waals surface area contributed by atoms with Crippen molar-refractivity contribution in [1.82, 2.24) is 4.90 Å². The molecule has 2 aliphatic heterocycles. The van der Waals surface area contributed by atoms with Crippen LogP contribution in [0.5, 0.6) is 11.5 Å². The number of ether oxygens (including phenoxy) is 2. The molecule has 2 aliphatic rings. The zero-order chi connectivity index (χ0) is 15.5. The minimum absolute atomic E-state index is 0.654. The topological polar surface area (TPSA) is 21.7 Å². The Labute approximate surface area is 137 Å². The highest BCUT2D eigenvalue weighted by Crippen LogP contribution is 2.31. The first kappa shape index (κ1) is 14.6. The quantitative estimate of drug-likeness (QED) is 0.863. The van der Waals surface area contributed by atoms with Crippen LogP contribution >= 0.6 is 0 Å². The van der Waals surface area contributed by atoms with E-state index in [1.54, 1.807) is 0 Å². The molecule has 2 aromatic carbocycles. The first-order valence-corrected chi connectivity index (χ1v) is 8.54.